The number of phenolic OH excluding ortho intramolecular Hbond substituents is 1. The Labute approximate surface area is 320 Å². The van der Waals surface area contributed by atoms with Crippen LogP contribution >= 0.6 is 0 Å². The fourth-order valence-corrected chi connectivity index (χ4v) is 7.54. The number of phenols is 1. The Bertz CT molecular complexity index is 2660. The van der Waals surface area contributed by atoms with Gasteiger partial charge in [0.2, 0.25) is 0 Å². The summed E-state index contributed by atoms with van der Waals surface area (Å²) in [6.07, 6.45) is 6.32. The number of nitrogens with one attached hydrogen (secondary N) is 4. The second kappa shape index (κ2) is 12.9. The summed E-state index contributed by atoms with van der Waals surface area (Å²) < 4.78 is 16.9. The molecule has 4 aliphatic rings. The number of carbonyl (C=O) groups is 6. The van der Waals surface area contributed by atoms with Crippen molar-refractivity contribution in [2.45, 2.75) is 24.2 Å². The smallest absolute Gasteiger partial charge is 0.322 e. The predicted molar refractivity (Wildman–Crippen MR) is 195 cm³/mol. The van der Waals surface area contributed by atoms with E-state index < -0.39 is 35.0 Å². The van der Waals surface area contributed by atoms with Crippen LogP contribution in [0.3, 0.4) is 0 Å². The number of furan rings is 2. The van der Waals surface area contributed by atoms with Crippen LogP contribution in [0.5, 0.6) is 11.5 Å². The van der Waals surface area contributed by atoms with Gasteiger partial charge >= 0.3 is 12.1 Å². The van der Waals surface area contributed by atoms with Crippen molar-refractivity contribution in [3.63, 3.8) is 0 Å². The van der Waals surface area contributed by atoms with Crippen molar-refractivity contribution in [1.82, 2.24) is 41.0 Å². The van der Waals surface area contributed by atoms with E-state index in [4.69, 9.17) is 13.6 Å². The topological polar surface area (TPSA) is 239 Å². The Morgan fingerprint density at radius 3 is 1.63 bits per heavy atom. The van der Waals surface area contributed by atoms with E-state index in [1.54, 1.807) is 67.3 Å². The van der Waals surface area contributed by atoms with Crippen LogP contribution < -0.4 is 26.0 Å². The number of urea groups is 2. The number of amides is 8. The molecule has 0 spiro atoms. The van der Waals surface area contributed by atoms with E-state index in [9.17, 15) is 33.9 Å². The molecule has 8 heterocycles. The Balaban J connectivity index is 0.000000148. The summed E-state index contributed by atoms with van der Waals surface area (Å²) in [5.41, 5.74) is 0.393. The second-order valence-corrected chi connectivity index (χ2v) is 13.9. The molecule has 286 valence electrons. The standard InChI is InChI=1S/C20H16N4O5.C19H14N4O5/c1-28-13-3-2-11-9-24(17(25)14(11)7-13)10-20(18(26)22-19(27)23-20)16-6-12-8-21-5-4-15(12)29-16;24-12-2-1-10-8-23(16(25)13(10)6-12)9-19(17(26)21-18(27)22-19)15-5-11-7-20-4-3-14(11)28-15/h2-8H,9-10H2,1H3,(H2,22,23,26,27);1-7,24H,8-9H2,(H2,21,22,26,27)/t20-;19-/m00/s1. The zero-order chi connectivity index (χ0) is 39.6. The first-order chi connectivity index (χ1) is 27.5. The number of imide groups is 2. The largest absolute Gasteiger partial charge is 0.508 e. The highest BCUT2D eigenvalue weighted by Gasteiger charge is 2.54. The summed E-state index contributed by atoms with van der Waals surface area (Å²) in [7, 11) is 1.53. The molecule has 57 heavy (non-hydrogen) atoms. The van der Waals surface area contributed by atoms with Gasteiger partial charge in [-0.25, -0.2) is 9.59 Å². The highest BCUT2D eigenvalue weighted by Crippen LogP contribution is 2.36. The van der Waals surface area contributed by atoms with Crippen LogP contribution in [-0.2, 0) is 33.8 Å². The second-order valence-electron chi connectivity index (χ2n) is 13.9. The van der Waals surface area contributed by atoms with Gasteiger partial charge in [0, 0.05) is 59.8 Å². The highest BCUT2D eigenvalue weighted by atomic mass is 16.5. The maximum Gasteiger partial charge on any atom is 0.322 e. The van der Waals surface area contributed by atoms with Gasteiger partial charge in [0.15, 0.2) is 11.1 Å². The zero-order valence-electron chi connectivity index (χ0n) is 29.8. The highest BCUT2D eigenvalue weighted by molar-refractivity contribution is 6.09. The zero-order valence-corrected chi connectivity index (χ0v) is 29.8. The molecule has 10 rings (SSSR count). The number of nitrogens with zero attached hydrogens (tertiary/aromatic N) is 4. The minimum Gasteiger partial charge on any atom is -0.508 e. The van der Waals surface area contributed by atoms with Crippen LogP contribution in [0, 0.1) is 0 Å². The maximum absolute atomic E-state index is 13.0. The molecular weight excluding hydrogens is 740 g/mol. The van der Waals surface area contributed by atoms with Crippen molar-refractivity contribution in [3.8, 4) is 11.5 Å². The van der Waals surface area contributed by atoms with Crippen LogP contribution in [0.25, 0.3) is 21.9 Å². The molecule has 4 aliphatic heterocycles. The van der Waals surface area contributed by atoms with Crippen LogP contribution in [-0.4, -0.2) is 80.8 Å². The van der Waals surface area contributed by atoms with Gasteiger partial charge in [0.1, 0.15) is 34.2 Å². The molecule has 0 bridgehead atoms. The summed E-state index contributed by atoms with van der Waals surface area (Å²) in [4.78, 5) is 86.3. The van der Waals surface area contributed by atoms with Gasteiger partial charge in [-0.05, 0) is 59.7 Å². The minimum atomic E-state index is -1.56. The quantitative estimate of drug-likeness (QED) is 0.147. The monoisotopic (exact) mass is 770 g/mol. The third kappa shape index (κ3) is 5.72. The fourth-order valence-electron chi connectivity index (χ4n) is 7.54. The van der Waals surface area contributed by atoms with Gasteiger partial charge in [0.25, 0.3) is 23.6 Å². The number of rotatable bonds is 7. The van der Waals surface area contributed by atoms with E-state index in [-0.39, 0.29) is 48.7 Å². The van der Waals surface area contributed by atoms with E-state index >= 15 is 0 Å². The number of ether oxygens (including phenoxy) is 1. The number of benzene rings is 2. The SMILES string of the molecule is COc1ccc2c(c1)C(=O)N(C[C@@]1(c3cc4cnccc4o3)NC(=O)NC1=O)C2.O=C1NC(=O)[C@](CN2Cc3ccc(O)cc3C2=O)(c2cc3cnccc3o2)N1. The summed E-state index contributed by atoms with van der Waals surface area (Å²) in [5.74, 6) is -0.740. The minimum absolute atomic E-state index is 0.0136. The van der Waals surface area contributed by atoms with Gasteiger partial charge in [-0.2, -0.15) is 0 Å². The van der Waals surface area contributed by atoms with Crippen molar-refractivity contribution in [3.05, 3.63) is 119 Å². The molecule has 2 aromatic carbocycles. The number of fused-ring (bicyclic) bond motifs is 4. The number of carbonyl (C=O) groups excluding carboxylic acids is 6. The first-order valence-electron chi connectivity index (χ1n) is 17.5. The summed E-state index contributed by atoms with van der Waals surface area (Å²) in [5, 5.41) is 20.8. The van der Waals surface area contributed by atoms with Gasteiger partial charge in [-0.1, -0.05) is 12.1 Å². The van der Waals surface area contributed by atoms with Crippen molar-refractivity contribution in [2.75, 3.05) is 20.2 Å². The van der Waals surface area contributed by atoms with E-state index in [1.807, 2.05) is 6.07 Å². The number of aromatic nitrogens is 2. The van der Waals surface area contributed by atoms with Crippen LogP contribution in [0.2, 0.25) is 0 Å². The van der Waals surface area contributed by atoms with Gasteiger partial charge in [0.05, 0.1) is 20.2 Å². The predicted octanol–water partition coefficient (Wildman–Crippen LogP) is 2.75. The normalized spacial score (nSPS) is 20.9. The average Bonchev–Trinajstić information content (AvgIpc) is 4.05. The molecule has 2 fully saturated rings. The third-order valence-corrected chi connectivity index (χ3v) is 10.4. The molecule has 18 heteroatoms. The van der Waals surface area contributed by atoms with Gasteiger partial charge in [-0.15, -0.1) is 0 Å². The summed E-state index contributed by atoms with van der Waals surface area (Å²) in [6, 6.07) is 15.1. The molecule has 5 N–H and O–H groups in total. The van der Waals surface area contributed by atoms with Gasteiger partial charge in [-0.3, -0.25) is 39.8 Å². The summed E-state index contributed by atoms with van der Waals surface area (Å²) in [6.45, 7) is 0.367. The molecule has 0 unspecified atom stereocenters. The molecule has 6 aromatic rings. The van der Waals surface area contributed by atoms with E-state index in [0.717, 1.165) is 11.1 Å². The first kappa shape index (κ1) is 35.0. The molecular formula is C39H30N8O10. The number of aromatic hydroxyl groups is 1. The lowest BCUT2D eigenvalue weighted by molar-refractivity contribution is -0.126. The van der Waals surface area contributed by atoms with E-state index in [2.05, 4.69) is 31.2 Å². The molecule has 18 nitrogen and oxygen atoms in total. The number of hydrogen-bond acceptors (Lipinski definition) is 12. The molecule has 2 atom stereocenters. The van der Waals surface area contributed by atoms with Crippen LogP contribution in [0.1, 0.15) is 43.4 Å². The van der Waals surface area contributed by atoms with E-state index in [0.29, 0.717) is 45.4 Å². The molecule has 0 saturated carbocycles. The van der Waals surface area contributed by atoms with Gasteiger partial charge < -0.3 is 39.1 Å². The third-order valence-electron chi connectivity index (χ3n) is 10.4. The summed E-state index contributed by atoms with van der Waals surface area (Å²) >= 11 is 0. The fraction of sp³-hybridized carbons (Fsp3) is 0.179. The number of hydrogen-bond donors (Lipinski definition) is 5. The Kier molecular flexibility index (Phi) is 7.93. The van der Waals surface area contributed by atoms with Crippen molar-refractivity contribution in [1.29, 1.82) is 0 Å². The molecule has 0 radical (unpaired) electrons. The van der Waals surface area contributed by atoms with Crippen LogP contribution in [0.4, 0.5) is 9.59 Å². The average molecular weight is 771 g/mol. The van der Waals surface area contributed by atoms with Crippen molar-refractivity contribution in [2.24, 2.45) is 0 Å². The Hall–Kier alpha value is -7.76. The lowest BCUT2D eigenvalue weighted by atomic mass is 9.95. The molecule has 2 saturated heterocycles. The molecule has 0 aliphatic carbocycles. The lowest BCUT2D eigenvalue weighted by Gasteiger charge is -2.29. The molecule has 4 aromatic heterocycles. The van der Waals surface area contributed by atoms with Crippen molar-refractivity contribution >= 4 is 57.6 Å². The Morgan fingerprint density at radius 2 is 1.18 bits per heavy atom. The molecule has 8 amide bonds. The lowest BCUT2D eigenvalue weighted by Crippen LogP contribution is -2.52. The Morgan fingerprint density at radius 1 is 0.684 bits per heavy atom. The number of methoxy groups -OCH3 is 1. The maximum atomic E-state index is 13.0. The van der Waals surface area contributed by atoms with E-state index in [1.165, 1.54) is 29.0 Å². The van der Waals surface area contributed by atoms with Crippen molar-refractivity contribution < 1.29 is 47.4 Å². The first-order valence-corrected chi connectivity index (χ1v) is 17.5. The van der Waals surface area contributed by atoms with Crippen LogP contribution in [0.15, 0.2) is 94.3 Å². The number of pyridine rings is 2.